The highest BCUT2D eigenvalue weighted by atomic mass is 35.5. The molecule has 5 nitrogen and oxygen atoms in total. The molecule has 2 aromatic carbocycles. The first-order valence-electron chi connectivity index (χ1n) is 9.34. The minimum atomic E-state index is -0.883. The largest absolute Gasteiger partial charge is 0.505 e. The van der Waals surface area contributed by atoms with E-state index >= 15 is 4.39 Å². The lowest BCUT2D eigenvalue weighted by molar-refractivity contribution is -0.131. The molecule has 0 unspecified atom stereocenters. The first kappa shape index (κ1) is 19.5. The number of hydrogen-bond acceptors (Lipinski definition) is 4. The second-order valence-electron chi connectivity index (χ2n) is 7.31. The van der Waals surface area contributed by atoms with Crippen molar-refractivity contribution in [2.24, 2.45) is 0 Å². The third kappa shape index (κ3) is 3.17. The van der Waals surface area contributed by atoms with Gasteiger partial charge in [0.1, 0.15) is 0 Å². The molecule has 1 aliphatic carbocycles. The lowest BCUT2D eigenvalue weighted by atomic mass is 9.79. The van der Waals surface area contributed by atoms with Gasteiger partial charge in [-0.2, -0.15) is 0 Å². The van der Waals surface area contributed by atoms with Crippen LogP contribution >= 0.6 is 11.6 Å². The molecule has 1 saturated carbocycles. The van der Waals surface area contributed by atoms with E-state index in [1.165, 1.54) is 11.5 Å². The molecule has 7 heteroatoms. The Morgan fingerprint density at radius 1 is 1.24 bits per heavy atom. The SMILES string of the molecule is CC(=O)Oc1c(C)n(C(=O)c2ccc(Cl)cc2)c2cc(C3CCC3)c(O)c(F)c12. The van der Waals surface area contributed by atoms with Crippen LogP contribution in [0.25, 0.3) is 10.9 Å². The molecule has 1 aromatic heterocycles. The minimum Gasteiger partial charge on any atom is -0.505 e. The third-order valence-corrected chi connectivity index (χ3v) is 5.72. The summed E-state index contributed by atoms with van der Waals surface area (Å²) in [5.41, 5.74) is 1.36. The Morgan fingerprint density at radius 2 is 1.90 bits per heavy atom. The predicted octanol–water partition coefficient (Wildman–Crippen LogP) is 5.33. The van der Waals surface area contributed by atoms with Gasteiger partial charge >= 0.3 is 5.97 Å². The summed E-state index contributed by atoms with van der Waals surface area (Å²) in [4.78, 5) is 24.9. The van der Waals surface area contributed by atoms with E-state index < -0.39 is 23.4 Å². The van der Waals surface area contributed by atoms with Gasteiger partial charge in [-0.3, -0.25) is 14.2 Å². The van der Waals surface area contributed by atoms with E-state index in [9.17, 15) is 14.7 Å². The number of ether oxygens (including phenoxy) is 1. The highest BCUT2D eigenvalue weighted by Gasteiger charge is 2.31. The van der Waals surface area contributed by atoms with Gasteiger partial charge in [-0.1, -0.05) is 18.0 Å². The van der Waals surface area contributed by atoms with Gasteiger partial charge in [0.25, 0.3) is 5.91 Å². The van der Waals surface area contributed by atoms with Crippen molar-refractivity contribution in [1.29, 1.82) is 0 Å². The maximum atomic E-state index is 15.2. The van der Waals surface area contributed by atoms with Gasteiger partial charge in [-0.05, 0) is 56.0 Å². The molecule has 1 N–H and O–H groups in total. The zero-order valence-electron chi connectivity index (χ0n) is 16.0. The molecule has 0 bridgehead atoms. The number of aromatic hydroxyl groups is 1. The van der Waals surface area contributed by atoms with E-state index in [0.29, 0.717) is 16.1 Å². The molecule has 0 saturated heterocycles. The van der Waals surface area contributed by atoms with Crippen molar-refractivity contribution in [3.05, 3.63) is 58.0 Å². The standard InChI is InChI=1S/C22H19ClFNO4/c1-11-21(29-12(2)26)18-17(10-16(13-4-3-5-13)20(27)19(18)24)25(11)22(28)14-6-8-15(23)9-7-14/h6-10,13,27H,3-5H2,1-2H3. The Kier molecular flexibility index (Phi) is 4.82. The molecule has 3 aromatic rings. The summed E-state index contributed by atoms with van der Waals surface area (Å²) < 4.78 is 21.8. The number of halogens is 2. The summed E-state index contributed by atoms with van der Waals surface area (Å²) in [6, 6.07) is 7.96. The van der Waals surface area contributed by atoms with Crippen LogP contribution in [0.15, 0.2) is 30.3 Å². The fourth-order valence-electron chi connectivity index (χ4n) is 3.78. The normalized spacial score (nSPS) is 14.1. The summed E-state index contributed by atoms with van der Waals surface area (Å²) >= 11 is 5.91. The number of fused-ring (bicyclic) bond motifs is 1. The van der Waals surface area contributed by atoms with Gasteiger partial charge in [0.2, 0.25) is 0 Å². The summed E-state index contributed by atoms with van der Waals surface area (Å²) in [5, 5.41) is 10.9. The number of nitrogens with zero attached hydrogens (tertiary/aromatic N) is 1. The highest BCUT2D eigenvalue weighted by Crippen LogP contribution is 2.46. The molecular formula is C22H19ClFNO4. The van der Waals surface area contributed by atoms with Crippen molar-refractivity contribution in [3.8, 4) is 11.5 Å². The number of phenols is 1. The number of benzene rings is 2. The number of aromatic nitrogens is 1. The van der Waals surface area contributed by atoms with Crippen molar-refractivity contribution in [2.45, 2.75) is 39.0 Å². The average molecular weight is 416 g/mol. The molecule has 0 amide bonds. The van der Waals surface area contributed by atoms with Crippen molar-refractivity contribution in [2.75, 3.05) is 0 Å². The smallest absolute Gasteiger partial charge is 0.308 e. The molecule has 29 heavy (non-hydrogen) atoms. The summed E-state index contributed by atoms with van der Waals surface area (Å²) in [6.07, 6.45) is 2.70. The van der Waals surface area contributed by atoms with E-state index in [1.54, 1.807) is 37.3 Å². The zero-order chi connectivity index (χ0) is 20.9. The van der Waals surface area contributed by atoms with Gasteiger partial charge in [0.15, 0.2) is 17.3 Å². The van der Waals surface area contributed by atoms with Crippen LogP contribution in [0.3, 0.4) is 0 Å². The van der Waals surface area contributed by atoms with Crippen molar-refractivity contribution in [3.63, 3.8) is 0 Å². The van der Waals surface area contributed by atoms with Crippen molar-refractivity contribution >= 4 is 34.4 Å². The predicted molar refractivity (Wildman–Crippen MR) is 107 cm³/mol. The van der Waals surface area contributed by atoms with E-state index in [2.05, 4.69) is 0 Å². The molecular weight excluding hydrogens is 397 g/mol. The second-order valence-corrected chi connectivity index (χ2v) is 7.74. The Hall–Kier alpha value is -2.86. The Labute approximate surface area is 171 Å². The molecule has 150 valence electrons. The fraction of sp³-hybridized carbons (Fsp3) is 0.273. The van der Waals surface area contributed by atoms with Gasteiger partial charge in [-0.15, -0.1) is 0 Å². The number of hydrogen-bond donors (Lipinski definition) is 1. The number of rotatable bonds is 3. The first-order valence-corrected chi connectivity index (χ1v) is 9.72. The monoisotopic (exact) mass is 415 g/mol. The van der Waals surface area contributed by atoms with E-state index in [0.717, 1.165) is 19.3 Å². The van der Waals surface area contributed by atoms with Crippen molar-refractivity contribution < 1.29 is 23.8 Å². The Bertz CT molecular complexity index is 1150. The maximum absolute atomic E-state index is 15.2. The molecule has 0 radical (unpaired) electrons. The van der Waals surface area contributed by atoms with Crippen LogP contribution in [0.2, 0.25) is 5.02 Å². The van der Waals surface area contributed by atoms with Crippen LogP contribution in [0, 0.1) is 12.7 Å². The van der Waals surface area contributed by atoms with E-state index in [-0.39, 0.29) is 28.3 Å². The third-order valence-electron chi connectivity index (χ3n) is 5.47. The molecule has 1 aliphatic rings. The van der Waals surface area contributed by atoms with Gasteiger partial charge in [0, 0.05) is 23.1 Å². The van der Waals surface area contributed by atoms with Crippen LogP contribution < -0.4 is 4.74 Å². The van der Waals surface area contributed by atoms with E-state index in [4.69, 9.17) is 16.3 Å². The lowest BCUT2D eigenvalue weighted by Gasteiger charge is -2.26. The number of esters is 1. The Balaban J connectivity index is 2.00. The topological polar surface area (TPSA) is 68.5 Å². The lowest BCUT2D eigenvalue weighted by Crippen LogP contribution is -2.14. The van der Waals surface area contributed by atoms with Crippen LogP contribution in [-0.2, 0) is 4.79 Å². The highest BCUT2D eigenvalue weighted by molar-refractivity contribution is 6.30. The van der Waals surface area contributed by atoms with Gasteiger partial charge in [0.05, 0.1) is 16.6 Å². The van der Waals surface area contributed by atoms with Crippen LogP contribution in [-0.4, -0.2) is 21.6 Å². The van der Waals surface area contributed by atoms with Crippen LogP contribution in [0.1, 0.15) is 53.7 Å². The second kappa shape index (κ2) is 7.19. The number of carbonyl (C=O) groups is 2. The summed E-state index contributed by atoms with van der Waals surface area (Å²) in [5.74, 6) is -2.42. The molecule has 1 heterocycles. The van der Waals surface area contributed by atoms with Crippen LogP contribution in [0.4, 0.5) is 4.39 Å². The number of phenolic OH excluding ortho intramolecular Hbond substituents is 1. The molecule has 0 aliphatic heterocycles. The molecule has 1 fully saturated rings. The van der Waals surface area contributed by atoms with Gasteiger partial charge < -0.3 is 9.84 Å². The van der Waals surface area contributed by atoms with Crippen LogP contribution in [0.5, 0.6) is 11.5 Å². The summed E-state index contributed by atoms with van der Waals surface area (Å²) in [6.45, 7) is 2.77. The Morgan fingerprint density at radius 3 is 2.45 bits per heavy atom. The van der Waals surface area contributed by atoms with E-state index in [1.807, 2.05) is 0 Å². The maximum Gasteiger partial charge on any atom is 0.308 e. The fourth-order valence-corrected chi connectivity index (χ4v) is 3.91. The first-order chi connectivity index (χ1) is 13.8. The quantitative estimate of drug-likeness (QED) is 0.587. The van der Waals surface area contributed by atoms with Gasteiger partial charge in [-0.25, -0.2) is 4.39 Å². The summed E-state index contributed by atoms with van der Waals surface area (Å²) in [7, 11) is 0. The minimum absolute atomic E-state index is 0.0420. The number of carbonyl (C=O) groups excluding carboxylic acids is 2. The zero-order valence-corrected chi connectivity index (χ0v) is 16.7. The molecule has 0 atom stereocenters. The van der Waals surface area contributed by atoms with Crippen molar-refractivity contribution in [1.82, 2.24) is 4.57 Å². The molecule has 0 spiro atoms. The molecule has 4 rings (SSSR count). The average Bonchev–Trinajstić information content (AvgIpc) is 2.89.